The minimum Gasteiger partial charge on any atom is -0.468 e. The van der Waals surface area contributed by atoms with Crippen molar-refractivity contribution in [3.63, 3.8) is 0 Å². The zero-order chi connectivity index (χ0) is 13.0. The Bertz CT molecular complexity index is 468. The van der Waals surface area contributed by atoms with Crippen molar-refractivity contribution in [3.8, 4) is 0 Å². The molecule has 0 bridgehead atoms. The summed E-state index contributed by atoms with van der Waals surface area (Å²) in [5.41, 5.74) is 3.99. The van der Waals surface area contributed by atoms with Gasteiger partial charge in [-0.05, 0) is 44.5 Å². The maximum Gasteiger partial charge on any atom is 0.121 e. The molecule has 1 unspecified atom stereocenters. The van der Waals surface area contributed by atoms with Crippen LogP contribution in [0.4, 0.5) is 0 Å². The summed E-state index contributed by atoms with van der Waals surface area (Å²) in [6.07, 6.45) is 2.70. The van der Waals surface area contributed by atoms with E-state index in [4.69, 9.17) is 4.42 Å². The molecule has 0 aliphatic heterocycles. The fourth-order valence-electron chi connectivity index (χ4n) is 2.43. The molecule has 2 rings (SSSR count). The Labute approximate surface area is 109 Å². The van der Waals surface area contributed by atoms with E-state index in [2.05, 4.69) is 44.3 Å². The third-order valence-electron chi connectivity index (χ3n) is 3.06. The molecule has 0 aliphatic carbocycles. The lowest BCUT2D eigenvalue weighted by molar-refractivity contribution is 0.416. The van der Waals surface area contributed by atoms with Gasteiger partial charge in [0.2, 0.25) is 0 Å². The van der Waals surface area contributed by atoms with Crippen LogP contribution in [-0.4, -0.2) is 6.54 Å². The van der Waals surface area contributed by atoms with Crippen LogP contribution in [0.15, 0.2) is 41.0 Å². The maximum absolute atomic E-state index is 5.52. The normalized spacial score (nSPS) is 12.6. The van der Waals surface area contributed by atoms with Gasteiger partial charge in [-0.3, -0.25) is 0 Å². The van der Waals surface area contributed by atoms with E-state index in [-0.39, 0.29) is 6.04 Å². The summed E-state index contributed by atoms with van der Waals surface area (Å²) < 4.78 is 5.52. The standard InChI is InChI=1S/C16H21NO/c1-4-17-15(16-6-5-7-18-16)11-14-9-12(2)8-13(3)10-14/h5-10,15,17H,4,11H2,1-3H3. The Morgan fingerprint density at radius 3 is 2.44 bits per heavy atom. The van der Waals surface area contributed by atoms with Crippen LogP contribution in [0.25, 0.3) is 0 Å². The van der Waals surface area contributed by atoms with Crippen LogP contribution in [0.1, 0.15) is 35.4 Å². The molecule has 0 aliphatic rings. The molecule has 2 nitrogen and oxygen atoms in total. The summed E-state index contributed by atoms with van der Waals surface area (Å²) in [5.74, 6) is 1.01. The molecule has 0 saturated heterocycles. The van der Waals surface area contributed by atoms with Gasteiger partial charge in [0, 0.05) is 0 Å². The second-order valence-electron chi connectivity index (χ2n) is 4.83. The lowest BCUT2D eigenvalue weighted by Crippen LogP contribution is -2.22. The topological polar surface area (TPSA) is 25.2 Å². The Balaban J connectivity index is 2.18. The maximum atomic E-state index is 5.52. The van der Waals surface area contributed by atoms with Crippen LogP contribution >= 0.6 is 0 Å². The van der Waals surface area contributed by atoms with Gasteiger partial charge in [-0.1, -0.05) is 36.2 Å². The van der Waals surface area contributed by atoms with Crippen LogP contribution in [-0.2, 0) is 6.42 Å². The number of rotatable bonds is 5. The molecule has 0 fully saturated rings. The van der Waals surface area contributed by atoms with Crippen molar-refractivity contribution in [1.29, 1.82) is 0 Å². The van der Waals surface area contributed by atoms with Gasteiger partial charge < -0.3 is 9.73 Å². The smallest absolute Gasteiger partial charge is 0.121 e. The second-order valence-corrected chi connectivity index (χ2v) is 4.83. The SMILES string of the molecule is CCNC(Cc1cc(C)cc(C)c1)c1ccco1. The van der Waals surface area contributed by atoms with Gasteiger partial charge in [0.15, 0.2) is 0 Å². The average Bonchev–Trinajstić information content (AvgIpc) is 2.80. The molecule has 1 aromatic carbocycles. The van der Waals surface area contributed by atoms with Gasteiger partial charge in [-0.15, -0.1) is 0 Å². The van der Waals surface area contributed by atoms with Crippen molar-refractivity contribution < 1.29 is 4.42 Å². The number of hydrogen-bond donors (Lipinski definition) is 1. The van der Waals surface area contributed by atoms with E-state index in [1.807, 2.05) is 12.1 Å². The second kappa shape index (κ2) is 5.87. The third kappa shape index (κ3) is 3.23. The quantitative estimate of drug-likeness (QED) is 0.864. The highest BCUT2D eigenvalue weighted by molar-refractivity contribution is 5.29. The van der Waals surface area contributed by atoms with E-state index in [1.54, 1.807) is 6.26 Å². The van der Waals surface area contributed by atoms with Crippen molar-refractivity contribution in [2.24, 2.45) is 0 Å². The van der Waals surface area contributed by atoms with E-state index in [9.17, 15) is 0 Å². The first-order chi connectivity index (χ1) is 8.69. The van der Waals surface area contributed by atoms with Crippen molar-refractivity contribution >= 4 is 0 Å². The highest BCUT2D eigenvalue weighted by Crippen LogP contribution is 2.20. The van der Waals surface area contributed by atoms with Gasteiger partial charge in [-0.25, -0.2) is 0 Å². The lowest BCUT2D eigenvalue weighted by atomic mass is 10.00. The molecule has 0 amide bonds. The molecule has 1 N–H and O–H groups in total. The largest absolute Gasteiger partial charge is 0.468 e. The van der Waals surface area contributed by atoms with E-state index in [0.717, 1.165) is 18.7 Å². The zero-order valence-corrected chi connectivity index (χ0v) is 11.4. The molecular weight excluding hydrogens is 222 g/mol. The number of hydrogen-bond acceptors (Lipinski definition) is 2. The summed E-state index contributed by atoms with van der Waals surface area (Å²) in [6, 6.07) is 10.9. The predicted octanol–water partition coefficient (Wildman–Crippen LogP) is 3.79. The highest BCUT2D eigenvalue weighted by Gasteiger charge is 2.13. The molecule has 1 aromatic heterocycles. The van der Waals surface area contributed by atoms with Gasteiger partial charge in [0.25, 0.3) is 0 Å². The number of likely N-dealkylation sites (N-methyl/N-ethyl adjacent to an activating group) is 1. The number of nitrogens with one attached hydrogen (secondary N) is 1. The van der Waals surface area contributed by atoms with E-state index < -0.39 is 0 Å². The Kier molecular flexibility index (Phi) is 4.21. The summed E-state index contributed by atoms with van der Waals surface area (Å²) in [4.78, 5) is 0. The Morgan fingerprint density at radius 1 is 1.17 bits per heavy atom. The van der Waals surface area contributed by atoms with Crippen molar-refractivity contribution in [2.75, 3.05) is 6.54 Å². The van der Waals surface area contributed by atoms with E-state index >= 15 is 0 Å². The summed E-state index contributed by atoms with van der Waals surface area (Å²) in [7, 11) is 0. The molecule has 1 heterocycles. The predicted molar refractivity (Wildman–Crippen MR) is 74.7 cm³/mol. The number of furan rings is 1. The van der Waals surface area contributed by atoms with Gasteiger partial charge >= 0.3 is 0 Å². The molecule has 0 radical (unpaired) electrons. The molecule has 96 valence electrons. The van der Waals surface area contributed by atoms with E-state index in [1.165, 1.54) is 16.7 Å². The first-order valence-electron chi connectivity index (χ1n) is 6.53. The van der Waals surface area contributed by atoms with E-state index in [0.29, 0.717) is 0 Å². The molecule has 2 aromatic rings. The van der Waals surface area contributed by atoms with Crippen LogP contribution in [0.5, 0.6) is 0 Å². The van der Waals surface area contributed by atoms with Crippen LogP contribution < -0.4 is 5.32 Å². The Hall–Kier alpha value is -1.54. The van der Waals surface area contributed by atoms with Crippen LogP contribution in [0.3, 0.4) is 0 Å². The minimum atomic E-state index is 0.256. The van der Waals surface area contributed by atoms with Gasteiger partial charge in [0.1, 0.15) is 5.76 Å². The minimum absolute atomic E-state index is 0.256. The summed E-state index contributed by atoms with van der Waals surface area (Å²) in [5, 5.41) is 3.48. The van der Waals surface area contributed by atoms with Crippen molar-refractivity contribution in [3.05, 3.63) is 59.0 Å². The highest BCUT2D eigenvalue weighted by atomic mass is 16.3. The summed E-state index contributed by atoms with van der Waals surface area (Å²) in [6.45, 7) is 7.35. The molecule has 1 atom stereocenters. The number of aryl methyl sites for hydroxylation is 2. The van der Waals surface area contributed by atoms with Crippen molar-refractivity contribution in [2.45, 2.75) is 33.2 Å². The molecule has 0 spiro atoms. The molecular formula is C16H21NO. The first kappa shape index (κ1) is 12.9. The van der Waals surface area contributed by atoms with Gasteiger partial charge in [-0.2, -0.15) is 0 Å². The van der Waals surface area contributed by atoms with Crippen molar-refractivity contribution in [1.82, 2.24) is 5.32 Å². The lowest BCUT2D eigenvalue weighted by Gasteiger charge is -2.16. The number of benzene rings is 1. The van der Waals surface area contributed by atoms with Crippen LogP contribution in [0, 0.1) is 13.8 Å². The first-order valence-corrected chi connectivity index (χ1v) is 6.53. The van der Waals surface area contributed by atoms with Gasteiger partial charge in [0.05, 0.1) is 12.3 Å². The fourth-order valence-corrected chi connectivity index (χ4v) is 2.43. The third-order valence-corrected chi connectivity index (χ3v) is 3.06. The summed E-state index contributed by atoms with van der Waals surface area (Å²) >= 11 is 0. The fraction of sp³-hybridized carbons (Fsp3) is 0.375. The monoisotopic (exact) mass is 243 g/mol. The molecule has 0 saturated carbocycles. The molecule has 2 heteroatoms. The zero-order valence-electron chi connectivity index (χ0n) is 11.4. The Morgan fingerprint density at radius 2 is 1.89 bits per heavy atom. The molecule has 18 heavy (non-hydrogen) atoms. The van der Waals surface area contributed by atoms with Crippen LogP contribution in [0.2, 0.25) is 0 Å². The average molecular weight is 243 g/mol.